The van der Waals surface area contributed by atoms with E-state index in [0.717, 1.165) is 11.3 Å². The lowest BCUT2D eigenvalue weighted by molar-refractivity contribution is 0.282. The molecular weight excluding hydrogens is 246 g/mol. The molecule has 0 radical (unpaired) electrons. The Morgan fingerprint density at radius 1 is 1.05 bits per heavy atom. The monoisotopic (exact) mass is 269 g/mol. The van der Waals surface area contributed by atoms with Crippen molar-refractivity contribution >= 4 is 5.69 Å². The Bertz CT molecular complexity index is 581. The molecule has 0 saturated heterocycles. The lowest BCUT2D eigenvalue weighted by Crippen LogP contribution is -2.10. The van der Waals surface area contributed by atoms with Crippen LogP contribution in [0.25, 0.3) is 0 Å². The zero-order valence-corrected chi connectivity index (χ0v) is 12.7. The quantitative estimate of drug-likeness (QED) is 0.868. The second-order valence-electron chi connectivity index (χ2n) is 5.54. The highest BCUT2D eigenvalue weighted by molar-refractivity contribution is 5.50. The molecule has 0 fully saturated rings. The molecule has 0 aliphatic rings. The van der Waals surface area contributed by atoms with E-state index in [4.69, 9.17) is 0 Å². The summed E-state index contributed by atoms with van der Waals surface area (Å²) in [6.45, 7) is 8.71. The van der Waals surface area contributed by atoms with E-state index in [1.165, 1.54) is 22.3 Å². The summed E-state index contributed by atoms with van der Waals surface area (Å²) in [5.74, 6) is 0. The van der Waals surface area contributed by atoms with E-state index in [1.807, 2.05) is 24.3 Å². The molecule has 2 rings (SSSR count). The van der Waals surface area contributed by atoms with Crippen LogP contribution in [0.2, 0.25) is 0 Å². The van der Waals surface area contributed by atoms with Crippen molar-refractivity contribution in [2.24, 2.45) is 0 Å². The highest BCUT2D eigenvalue weighted by Gasteiger charge is 2.12. The summed E-state index contributed by atoms with van der Waals surface area (Å²) in [5, 5.41) is 12.7. The van der Waals surface area contributed by atoms with Crippen molar-refractivity contribution in [2.45, 2.75) is 40.3 Å². The van der Waals surface area contributed by atoms with Crippen LogP contribution in [0.5, 0.6) is 0 Å². The number of aryl methyl sites for hydroxylation is 3. The predicted octanol–water partition coefficient (Wildman–Crippen LogP) is 4.28. The average Bonchev–Trinajstić information content (AvgIpc) is 2.37. The molecule has 0 amide bonds. The van der Waals surface area contributed by atoms with E-state index >= 15 is 0 Å². The summed E-state index contributed by atoms with van der Waals surface area (Å²) in [7, 11) is 0. The number of hydrogen-bond acceptors (Lipinski definition) is 2. The fraction of sp³-hybridized carbons (Fsp3) is 0.333. The molecule has 1 atom stereocenters. The molecule has 2 nitrogen and oxygen atoms in total. The first-order chi connectivity index (χ1) is 9.51. The molecule has 0 bridgehead atoms. The summed E-state index contributed by atoms with van der Waals surface area (Å²) >= 11 is 0. The van der Waals surface area contributed by atoms with Crippen molar-refractivity contribution in [1.29, 1.82) is 0 Å². The van der Waals surface area contributed by atoms with Gasteiger partial charge in [0.25, 0.3) is 0 Å². The van der Waals surface area contributed by atoms with Gasteiger partial charge in [0.2, 0.25) is 0 Å². The van der Waals surface area contributed by atoms with Crippen LogP contribution in [0.15, 0.2) is 36.4 Å². The van der Waals surface area contributed by atoms with Gasteiger partial charge in [-0.05, 0) is 62.1 Å². The molecule has 2 aromatic rings. The van der Waals surface area contributed by atoms with E-state index in [9.17, 15) is 5.11 Å². The average molecular weight is 269 g/mol. The van der Waals surface area contributed by atoms with Gasteiger partial charge in [-0.1, -0.05) is 29.8 Å². The smallest absolute Gasteiger partial charge is 0.0682 e. The van der Waals surface area contributed by atoms with Crippen LogP contribution in [-0.4, -0.2) is 5.11 Å². The molecule has 2 aromatic carbocycles. The SMILES string of the molecule is Cc1cc(C)c(C(C)Nc2cccc(CO)c2)c(C)c1. The molecule has 0 aromatic heterocycles. The van der Waals surface area contributed by atoms with E-state index < -0.39 is 0 Å². The molecule has 0 aliphatic heterocycles. The van der Waals surface area contributed by atoms with E-state index in [0.29, 0.717) is 0 Å². The summed E-state index contributed by atoms with van der Waals surface area (Å²) in [6.07, 6.45) is 0. The third kappa shape index (κ3) is 3.20. The maximum atomic E-state index is 9.20. The molecule has 1 unspecified atom stereocenters. The zero-order chi connectivity index (χ0) is 14.7. The van der Waals surface area contributed by atoms with Crippen molar-refractivity contribution < 1.29 is 5.11 Å². The topological polar surface area (TPSA) is 32.3 Å². The summed E-state index contributed by atoms with van der Waals surface area (Å²) < 4.78 is 0. The van der Waals surface area contributed by atoms with E-state index in [1.54, 1.807) is 0 Å². The number of aliphatic hydroxyl groups excluding tert-OH is 1. The lowest BCUT2D eigenvalue weighted by atomic mass is 9.94. The van der Waals surface area contributed by atoms with Crippen molar-refractivity contribution in [2.75, 3.05) is 5.32 Å². The van der Waals surface area contributed by atoms with Gasteiger partial charge in [-0.2, -0.15) is 0 Å². The largest absolute Gasteiger partial charge is 0.392 e. The van der Waals surface area contributed by atoms with Crippen molar-refractivity contribution in [3.8, 4) is 0 Å². The molecule has 106 valence electrons. The van der Waals surface area contributed by atoms with Gasteiger partial charge < -0.3 is 10.4 Å². The second-order valence-corrected chi connectivity index (χ2v) is 5.54. The third-order valence-corrected chi connectivity index (χ3v) is 3.66. The minimum atomic E-state index is 0.0759. The first kappa shape index (κ1) is 14.6. The number of hydrogen-bond donors (Lipinski definition) is 2. The fourth-order valence-electron chi connectivity index (χ4n) is 2.96. The number of aliphatic hydroxyl groups is 1. The molecule has 2 N–H and O–H groups in total. The molecule has 0 heterocycles. The Hall–Kier alpha value is -1.80. The van der Waals surface area contributed by atoms with Crippen LogP contribution < -0.4 is 5.32 Å². The van der Waals surface area contributed by atoms with Crippen molar-refractivity contribution in [1.82, 2.24) is 0 Å². The normalized spacial score (nSPS) is 12.2. The summed E-state index contributed by atoms with van der Waals surface area (Å²) in [4.78, 5) is 0. The van der Waals surface area contributed by atoms with Gasteiger partial charge in [0.1, 0.15) is 0 Å². The molecular formula is C18H23NO. The van der Waals surface area contributed by atoms with Crippen molar-refractivity contribution in [3.63, 3.8) is 0 Å². The Morgan fingerprint density at radius 2 is 1.70 bits per heavy atom. The Balaban J connectivity index is 2.26. The van der Waals surface area contributed by atoms with Gasteiger partial charge in [0, 0.05) is 11.7 Å². The minimum Gasteiger partial charge on any atom is -0.392 e. The van der Waals surface area contributed by atoms with Gasteiger partial charge >= 0.3 is 0 Å². The van der Waals surface area contributed by atoms with E-state index in [-0.39, 0.29) is 12.6 Å². The number of rotatable bonds is 4. The van der Waals surface area contributed by atoms with Crippen LogP contribution in [0.1, 0.15) is 40.8 Å². The lowest BCUT2D eigenvalue weighted by Gasteiger charge is -2.21. The molecule has 2 heteroatoms. The van der Waals surface area contributed by atoms with Crippen LogP contribution in [0.3, 0.4) is 0 Å². The second kappa shape index (κ2) is 6.10. The molecule has 0 saturated carbocycles. The molecule has 0 spiro atoms. The maximum Gasteiger partial charge on any atom is 0.0682 e. The van der Waals surface area contributed by atoms with Gasteiger partial charge in [0.05, 0.1) is 6.61 Å². The first-order valence-corrected chi connectivity index (χ1v) is 7.05. The van der Waals surface area contributed by atoms with E-state index in [2.05, 4.69) is 45.1 Å². The standard InChI is InChI=1S/C18H23NO/c1-12-8-13(2)18(14(3)9-12)15(4)19-17-7-5-6-16(10-17)11-20/h5-10,15,19-20H,11H2,1-4H3. The number of anilines is 1. The van der Waals surface area contributed by atoms with Gasteiger partial charge in [-0.25, -0.2) is 0 Å². The first-order valence-electron chi connectivity index (χ1n) is 7.05. The summed E-state index contributed by atoms with van der Waals surface area (Å²) in [6, 6.07) is 12.6. The Morgan fingerprint density at radius 3 is 2.30 bits per heavy atom. The van der Waals surface area contributed by atoms with Gasteiger partial charge in [-0.3, -0.25) is 0 Å². The molecule has 20 heavy (non-hydrogen) atoms. The Labute approximate surface area is 121 Å². The maximum absolute atomic E-state index is 9.20. The minimum absolute atomic E-state index is 0.0759. The predicted molar refractivity (Wildman–Crippen MR) is 85.1 cm³/mol. The highest BCUT2D eigenvalue weighted by Crippen LogP contribution is 2.26. The van der Waals surface area contributed by atoms with Crippen LogP contribution in [0, 0.1) is 20.8 Å². The van der Waals surface area contributed by atoms with Crippen LogP contribution in [0.4, 0.5) is 5.69 Å². The zero-order valence-electron chi connectivity index (χ0n) is 12.7. The van der Waals surface area contributed by atoms with Crippen LogP contribution in [-0.2, 0) is 6.61 Å². The number of benzene rings is 2. The number of nitrogens with one attached hydrogen (secondary N) is 1. The van der Waals surface area contributed by atoms with Gasteiger partial charge in [-0.15, -0.1) is 0 Å². The third-order valence-electron chi connectivity index (χ3n) is 3.66. The van der Waals surface area contributed by atoms with Crippen LogP contribution >= 0.6 is 0 Å². The molecule has 0 aliphatic carbocycles. The fourth-order valence-corrected chi connectivity index (χ4v) is 2.96. The van der Waals surface area contributed by atoms with Crippen molar-refractivity contribution in [3.05, 3.63) is 64.2 Å². The van der Waals surface area contributed by atoms with Gasteiger partial charge in [0.15, 0.2) is 0 Å². The highest BCUT2D eigenvalue weighted by atomic mass is 16.3. The Kier molecular flexibility index (Phi) is 4.46. The summed E-state index contributed by atoms with van der Waals surface area (Å²) in [5.41, 5.74) is 7.27.